The van der Waals surface area contributed by atoms with Crippen LogP contribution in [0.25, 0.3) is 0 Å². The molecule has 0 atom stereocenters. The summed E-state index contributed by atoms with van der Waals surface area (Å²) in [6.07, 6.45) is -0.424. The number of hydrogen-bond donors (Lipinski definition) is 0. The standard InChI is InChI=1S/C12H12Cl2N2O2/c13-4-7-18-12(17)16-6-5-15-11(16)9-2-1-3-10(14)8-9/h1-3,8H,4-7H2. The molecule has 1 aliphatic heterocycles. The number of hydrogen-bond acceptors (Lipinski definition) is 3. The molecule has 18 heavy (non-hydrogen) atoms. The number of carbonyl (C=O) groups excluding carboxylic acids is 1. The number of benzene rings is 1. The van der Waals surface area contributed by atoms with Gasteiger partial charge in [0.2, 0.25) is 0 Å². The van der Waals surface area contributed by atoms with Gasteiger partial charge in [0.15, 0.2) is 0 Å². The predicted molar refractivity (Wildman–Crippen MR) is 71.6 cm³/mol. The lowest BCUT2D eigenvalue weighted by molar-refractivity contribution is 0.131. The van der Waals surface area contributed by atoms with E-state index in [1.54, 1.807) is 12.1 Å². The minimum absolute atomic E-state index is 0.194. The maximum atomic E-state index is 11.8. The van der Waals surface area contributed by atoms with Crippen molar-refractivity contribution < 1.29 is 9.53 Å². The zero-order valence-corrected chi connectivity index (χ0v) is 11.1. The van der Waals surface area contributed by atoms with Gasteiger partial charge in [0.25, 0.3) is 0 Å². The third-order valence-corrected chi connectivity index (χ3v) is 2.84. The number of rotatable bonds is 3. The molecule has 0 unspecified atom stereocenters. The first-order valence-electron chi connectivity index (χ1n) is 5.53. The number of amidine groups is 1. The molecule has 6 heteroatoms. The fourth-order valence-corrected chi connectivity index (χ4v) is 1.97. The van der Waals surface area contributed by atoms with Gasteiger partial charge in [-0.2, -0.15) is 0 Å². The molecule has 1 amide bonds. The van der Waals surface area contributed by atoms with Crippen LogP contribution in [-0.4, -0.2) is 42.4 Å². The van der Waals surface area contributed by atoms with Crippen molar-refractivity contribution in [1.29, 1.82) is 0 Å². The summed E-state index contributed by atoms with van der Waals surface area (Å²) in [7, 11) is 0. The highest BCUT2D eigenvalue weighted by molar-refractivity contribution is 6.31. The van der Waals surface area contributed by atoms with E-state index in [4.69, 9.17) is 27.9 Å². The third-order valence-electron chi connectivity index (χ3n) is 2.45. The largest absolute Gasteiger partial charge is 0.448 e. The van der Waals surface area contributed by atoms with Gasteiger partial charge < -0.3 is 4.74 Å². The summed E-state index contributed by atoms with van der Waals surface area (Å²) in [6, 6.07) is 7.23. The van der Waals surface area contributed by atoms with Crippen LogP contribution in [0, 0.1) is 0 Å². The molecule has 0 bridgehead atoms. The molecule has 0 saturated carbocycles. The summed E-state index contributed by atoms with van der Waals surface area (Å²) in [5, 5.41) is 0.608. The topological polar surface area (TPSA) is 41.9 Å². The Balaban J connectivity index is 2.15. The zero-order chi connectivity index (χ0) is 13.0. The molecule has 0 fully saturated rings. The first-order chi connectivity index (χ1) is 8.72. The summed E-state index contributed by atoms with van der Waals surface area (Å²) in [6.45, 7) is 1.28. The second-order valence-electron chi connectivity index (χ2n) is 3.67. The lowest BCUT2D eigenvalue weighted by Gasteiger charge is -2.17. The summed E-state index contributed by atoms with van der Waals surface area (Å²) in [4.78, 5) is 17.6. The van der Waals surface area contributed by atoms with Crippen molar-refractivity contribution in [3.63, 3.8) is 0 Å². The smallest absolute Gasteiger partial charge is 0.415 e. The number of carbonyl (C=O) groups is 1. The zero-order valence-electron chi connectivity index (χ0n) is 9.60. The number of ether oxygens (including phenoxy) is 1. The second kappa shape index (κ2) is 6.07. The van der Waals surface area contributed by atoms with Crippen LogP contribution in [0.1, 0.15) is 5.56 Å². The Labute approximate surface area is 115 Å². The van der Waals surface area contributed by atoms with Gasteiger partial charge >= 0.3 is 6.09 Å². The number of halogens is 2. The summed E-state index contributed by atoms with van der Waals surface area (Å²) in [5.74, 6) is 0.875. The normalized spacial score (nSPS) is 14.6. The molecular weight excluding hydrogens is 275 g/mol. The van der Waals surface area contributed by atoms with Gasteiger partial charge in [0.05, 0.1) is 19.0 Å². The summed E-state index contributed by atoms with van der Waals surface area (Å²) < 4.78 is 5.00. The lowest BCUT2D eigenvalue weighted by Crippen LogP contribution is -2.35. The van der Waals surface area contributed by atoms with Crippen LogP contribution in [-0.2, 0) is 4.74 Å². The molecule has 1 heterocycles. The Morgan fingerprint density at radius 1 is 1.50 bits per heavy atom. The first kappa shape index (κ1) is 13.2. The van der Waals surface area contributed by atoms with E-state index in [0.29, 0.717) is 23.9 Å². The van der Waals surface area contributed by atoms with E-state index in [0.717, 1.165) is 5.56 Å². The Hall–Kier alpha value is -1.26. The van der Waals surface area contributed by atoms with Crippen molar-refractivity contribution in [1.82, 2.24) is 4.90 Å². The van der Waals surface area contributed by atoms with Crippen molar-refractivity contribution in [2.24, 2.45) is 4.99 Å². The molecule has 0 aromatic heterocycles. The van der Waals surface area contributed by atoms with Crippen LogP contribution in [0.4, 0.5) is 4.79 Å². The Bertz CT molecular complexity index is 477. The van der Waals surface area contributed by atoms with Gasteiger partial charge in [0, 0.05) is 10.6 Å². The van der Waals surface area contributed by atoms with Crippen LogP contribution in [0.15, 0.2) is 29.3 Å². The Morgan fingerprint density at radius 2 is 2.33 bits per heavy atom. The minimum Gasteiger partial charge on any atom is -0.448 e. The van der Waals surface area contributed by atoms with Gasteiger partial charge in [-0.15, -0.1) is 11.6 Å². The van der Waals surface area contributed by atoms with E-state index in [9.17, 15) is 4.79 Å². The van der Waals surface area contributed by atoms with Crippen molar-refractivity contribution in [2.75, 3.05) is 25.6 Å². The van der Waals surface area contributed by atoms with Crippen LogP contribution in [0.2, 0.25) is 5.02 Å². The Kier molecular flexibility index (Phi) is 4.44. The van der Waals surface area contributed by atoms with E-state index in [1.165, 1.54) is 4.90 Å². The molecule has 1 aliphatic rings. The monoisotopic (exact) mass is 286 g/mol. The van der Waals surface area contributed by atoms with Crippen LogP contribution >= 0.6 is 23.2 Å². The highest BCUT2D eigenvalue weighted by Crippen LogP contribution is 2.16. The van der Waals surface area contributed by atoms with Crippen molar-refractivity contribution in [2.45, 2.75) is 0 Å². The molecule has 4 nitrogen and oxygen atoms in total. The molecule has 2 rings (SSSR count). The SMILES string of the molecule is O=C(OCCCl)N1CCN=C1c1cccc(Cl)c1. The van der Waals surface area contributed by atoms with Crippen molar-refractivity contribution >= 4 is 35.1 Å². The van der Waals surface area contributed by atoms with E-state index in [1.807, 2.05) is 12.1 Å². The van der Waals surface area contributed by atoms with E-state index < -0.39 is 6.09 Å². The third kappa shape index (κ3) is 2.94. The molecule has 0 aliphatic carbocycles. The van der Waals surface area contributed by atoms with Crippen LogP contribution < -0.4 is 0 Å². The van der Waals surface area contributed by atoms with Gasteiger partial charge in [-0.05, 0) is 12.1 Å². The number of alkyl halides is 1. The lowest BCUT2D eigenvalue weighted by atomic mass is 10.2. The highest BCUT2D eigenvalue weighted by Gasteiger charge is 2.25. The van der Waals surface area contributed by atoms with Gasteiger partial charge in [0.1, 0.15) is 12.4 Å². The van der Waals surface area contributed by atoms with Crippen molar-refractivity contribution in [3.8, 4) is 0 Å². The van der Waals surface area contributed by atoms with Gasteiger partial charge in [-0.1, -0.05) is 23.7 Å². The summed E-state index contributed by atoms with van der Waals surface area (Å²) >= 11 is 11.4. The first-order valence-corrected chi connectivity index (χ1v) is 6.44. The number of aliphatic imine (C=N–C) groups is 1. The maximum absolute atomic E-state index is 11.8. The van der Waals surface area contributed by atoms with Gasteiger partial charge in [-0.3, -0.25) is 9.89 Å². The molecule has 96 valence electrons. The van der Waals surface area contributed by atoms with E-state index in [-0.39, 0.29) is 12.5 Å². The number of nitrogens with zero attached hydrogens (tertiary/aromatic N) is 2. The average molecular weight is 287 g/mol. The highest BCUT2D eigenvalue weighted by atomic mass is 35.5. The van der Waals surface area contributed by atoms with Crippen LogP contribution in [0.5, 0.6) is 0 Å². The Morgan fingerprint density at radius 3 is 3.06 bits per heavy atom. The molecule has 0 spiro atoms. The minimum atomic E-state index is -0.424. The fourth-order valence-electron chi connectivity index (χ4n) is 1.70. The summed E-state index contributed by atoms with van der Waals surface area (Å²) in [5.41, 5.74) is 0.808. The molecule has 1 aromatic carbocycles. The van der Waals surface area contributed by atoms with Gasteiger partial charge in [-0.25, -0.2) is 4.79 Å². The fraction of sp³-hybridized carbons (Fsp3) is 0.333. The number of amides is 1. The molecule has 0 radical (unpaired) electrons. The van der Waals surface area contributed by atoms with E-state index in [2.05, 4.69) is 4.99 Å². The average Bonchev–Trinajstić information content (AvgIpc) is 2.85. The van der Waals surface area contributed by atoms with E-state index >= 15 is 0 Å². The molecule has 1 aromatic rings. The molecule has 0 saturated heterocycles. The molecular formula is C12H12Cl2N2O2. The maximum Gasteiger partial charge on any atom is 0.415 e. The molecule has 0 N–H and O–H groups in total. The van der Waals surface area contributed by atoms with Crippen molar-refractivity contribution in [3.05, 3.63) is 34.9 Å². The van der Waals surface area contributed by atoms with Crippen LogP contribution in [0.3, 0.4) is 0 Å². The predicted octanol–water partition coefficient (Wildman–Crippen LogP) is 2.78. The quantitative estimate of drug-likeness (QED) is 0.802. The second-order valence-corrected chi connectivity index (χ2v) is 4.49.